The van der Waals surface area contributed by atoms with Crippen LogP contribution in [-0.4, -0.2) is 16.1 Å². The molecule has 3 nitrogen and oxygen atoms in total. The third-order valence-corrected chi connectivity index (χ3v) is 3.49. The topological polar surface area (TPSA) is 43.8 Å². The van der Waals surface area contributed by atoms with Crippen molar-refractivity contribution in [1.29, 1.82) is 0 Å². The molecule has 1 aliphatic heterocycles. The van der Waals surface area contributed by atoms with E-state index in [4.69, 9.17) is 17.3 Å². The number of aryl methyl sites for hydroxylation is 1. The van der Waals surface area contributed by atoms with Gasteiger partial charge in [0.15, 0.2) is 0 Å². The summed E-state index contributed by atoms with van der Waals surface area (Å²) < 4.78 is 2.26. The molecule has 0 amide bonds. The van der Waals surface area contributed by atoms with Crippen LogP contribution in [0.25, 0.3) is 11.3 Å². The van der Waals surface area contributed by atoms with Gasteiger partial charge in [0.1, 0.15) is 5.82 Å². The lowest BCUT2D eigenvalue weighted by atomic mass is 9.99. The molecule has 1 aromatic carbocycles. The van der Waals surface area contributed by atoms with Crippen LogP contribution in [0.1, 0.15) is 11.4 Å². The zero-order chi connectivity index (χ0) is 11.8. The molecule has 0 bridgehead atoms. The minimum atomic E-state index is 0.638. The van der Waals surface area contributed by atoms with Crippen LogP contribution in [-0.2, 0) is 19.4 Å². The van der Waals surface area contributed by atoms with E-state index < -0.39 is 0 Å². The number of imidazole rings is 1. The lowest BCUT2D eigenvalue weighted by Gasteiger charge is -2.20. The van der Waals surface area contributed by atoms with E-state index in [1.54, 1.807) is 0 Å². The highest BCUT2D eigenvalue weighted by molar-refractivity contribution is 6.30. The molecular weight excluding hydrogens is 234 g/mol. The quantitative estimate of drug-likeness (QED) is 0.885. The summed E-state index contributed by atoms with van der Waals surface area (Å²) in [5.74, 6) is 1.08. The van der Waals surface area contributed by atoms with Crippen LogP contribution in [0.5, 0.6) is 0 Å². The number of hydrogen-bond donors (Lipinski definition) is 1. The van der Waals surface area contributed by atoms with Crippen molar-refractivity contribution in [2.45, 2.75) is 19.4 Å². The van der Waals surface area contributed by atoms with Crippen molar-refractivity contribution in [2.24, 2.45) is 5.73 Å². The van der Waals surface area contributed by atoms with Gasteiger partial charge in [0.05, 0.1) is 11.9 Å². The fourth-order valence-electron chi connectivity index (χ4n) is 2.44. The minimum Gasteiger partial charge on any atom is -0.330 e. The first-order valence-electron chi connectivity index (χ1n) is 5.83. The largest absolute Gasteiger partial charge is 0.330 e. The maximum Gasteiger partial charge on any atom is 0.110 e. The Bertz CT molecular complexity index is 560. The highest BCUT2D eigenvalue weighted by Crippen LogP contribution is 2.32. The van der Waals surface area contributed by atoms with Crippen LogP contribution >= 0.6 is 11.6 Å². The molecule has 88 valence electrons. The lowest BCUT2D eigenvalue weighted by molar-refractivity contribution is 0.640. The van der Waals surface area contributed by atoms with Gasteiger partial charge in [-0.3, -0.25) is 0 Å². The summed E-state index contributed by atoms with van der Waals surface area (Å²) in [5, 5.41) is 0.777. The Morgan fingerprint density at radius 2 is 2.29 bits per heavy atom. The number of rotatable bonds is 2. The summed E-state index contributed by atoms with van der Waals surface area (Å²) >= 11 is 6.06. The van der Waals surface area contributed by atoms with E-state index in [-0.39, 0.29) is 0 Å². The Morgan fingerprint density at radius 1 is 1.41 bits per heavy atom. The molecule has 0 spiro atoms. The Morgan fingerprint density at radius 3 is 3.12 bits per heavy atom. The number of nitrogens with zero attached hydrogens (tertiary/aromatic N) is 2. The molecule has 0 atom stereocenters. The van der Waals surface area contributed by atoms with E-state index in [2.05, 4.69) is 15.6 Å². The molecule has 4 heteroatoms. The minimum absolute atomic E-state index is 0.638. The fourth-order valence-corrected chi connectivity index (χ4v) is 2.62. The molecule has 2 N–H and O–H groups in total. The lowest BCUT2D eigenvalue weighted by Crippen LogP contribution is -2.15. The van der Waals surface area contributed by atoms with Crippen molar-refractivity contribution in [1.82, 2.24) is 9.55 Å². The maximum absolute atomic E-state index is 6.06. The van der Waals surface area contributed by atoms with Gasteiger partial charge in [-0.1, -0.05) is 17.7 Å². The number of halogens is 1. The first-order chi connectivity index (χ1) is 8.29. The van der Waals surface area contributed by atoms with Crippen molar-refractivity contribution in [3.63, 3.8) is 0 Å². The second-order valence-corrected chi connectivity index (χ2v) is 4.74. The van der Waals surface area contributed by atoms with Gasteiger partial charge in [0, 0.05) is 23.6 Å². The van der Waals surface area contributed by atoms with Crippen LogP contribution in [0.2, 0.25) is 5.02 Å². The average molecular weight is 248 g/mol. The van der Waals surface area contributed by atoms with E-state index >= 15 is 0 Å². The standard InChI is InChI=1S/C13H14ClN3/c14-10-2-1-9-4-6-17-12(11(9)7-10)8-16-13(17)3-5-15/h1-2,7-8H,3-6,15H2. The molecule has 0 saturated heterocycles. The van der Waals surface area contributed by atoms with Crippen LogP contribution in [0.15, 0.2) is 24.4 Å². The molecule has 1 aliphatic rings. The molecule has 2 aromatic rings. The molecule has 3 rings (SSSR count). The van der Waals surface area contributed by atoms with Gasteiger partial charge < -0.3 is 10.3 Å². The van der Waals surface area contributed by atoms with Gasteiger partial charge in [0.2, 0.25) is 0 Å². The number of nitrogens with two attached hydrogens (primary N) is 1. The maximum atomic E-state index is 6.06. The van der Waals surface area contributed by atoms with Gasteiger partial charge in [0.25, 0.3) is 0 Å². The Kier molecular flexibility index (Phi) is 2.65. The Labute approximate surface area is 105 Å². The summed E-state index contributed by atoms with van der Waals surface area (Å²) in [5.41, 5.74) is 9.32. The number of fused-ring (bicyclic) bond motifs is 3. The highest BCUT2D eigenvalue weighted by Gasteiger charge is 2.19. The molecule has 2 heterocycles. The van der Waals surface area contributed by atoms with Crippen molar-refractivity contribution in [3.05, 3.63) is 40.8 Å². The summed E-state index contributed by atoms with van der Waals surface area (Å²) in [6.45, 7) is 1.62. The Hall–Kier alpha value is -1.32. The summed E-state index contributed by atoms with van der Waals surface area (Å²) in [7, 11) is 0. The SMILES string of the molecule is NCCc1ncc2n1CCc1ccc(Cl)cc1-2. The first-order valence-corrected chi connectivity index (χ1v) is 6.20. The summed E-state index contributed by atoms with van der Waals surface area (Å²) in [6, 6.07) is 6.08. The molecule has 17 heavy (non-hydrogen) atoms. The third kappa shape index (κ3) is 1.75. The second kappa shape index (κ2) is 4.17. The zero-order valence-electron chi connectivity index (χ0n) is 9.49. The third-order valence-electron chi connectivity index (χ3n) is 3.26. The van der Waals surface area contributed by atoms with E-state index in [9.17, 15) is 0 Å². The van der Waals surface area contributed by atoms with Crippen molar-refractivity contribution < 1.29 is 0 Å². The van der Waals surface area contributed by atoms with Crippen molar-refractivity contribution in [2.75, 3.05) is 6.54 Å². The van der Waals surface area contributed by atoms with Gasteiger partial charge >= 0.3 is 0 Å². The Balaban J connectivity index is 2.13. The van der Waals surface area contributed by atoms with Gasteiger partial charge in [-0.25, -0.2) is 4.98 Å². The van der Waals surface area contributed by atoms with Crippen LogP contribution in [0, 0.1) is 0 Å². The van der Waals surface area contributed by atoms with Crippen molar-refractivity contribution in [3.8, 4) is 11.3 Å². The molecule has 0 radical (unpaired) electrons. The number of hydrogen-bond acceptors (Lipinski definition) is 2. The number of aromatic nitrogens is 2. The molecule has 0 unspecified atom stereocenters. The summed E-state index contributed by atoms with van der Waals surface area (Å²) in [4.78, 5) is 4.46. The fraction of sp³-hybridized carbons (Fsp3) is 0.308. The second-order valence-electron chi connectivity index (χ2n) is 4.30. The van der Waals surface area contributed by atoms with Crippen molar-refractivity contribution >= 4 is 11.6 Å². The van der Waals surface area contributed by atoms with E-state index in [0.29, 0.717) is 6.54 Å². The molecular formula is C13H14ClN3. The monoisotopic (exact) mass is 247 g/mol. The molecule has 0 fully saturated rings. The first kappa shape index (κ1) is 10.8. The predicted octanol–water partition coefficient (Wildman–Crippen LogP) is 2.26. The molecule has 0 saturated carbocycles. The van der Waals surface area contributed by atoms with E-state index in [1.807, 2.05) is 18.3 Å². The smallest absolute Gasteiger partial charge is 0.110 e. The number of benzene rings is 1. The molecule has 1 aromatic heterocycles. The summed E-state index contributed by atoms with van der Waals surface area (Å²) in [6.07, 6.45) is 3.79. The van der Waals surface area contributed by atoms with Gasteiger partial charge in [-0.05, 0) is 30.7 Å². The van der Waals surface area contributed by atoms with Crippen LogP contribution < -0.4 is 5.73 Å². The predicted molar refractivity (Wildman–Crippen MR) is 69.1 cm³/mol. The van der Waals surface area contributed by atoms with E-state index in [1.165, 1.54) is 11.1 Å². The molecule has 0 aliphatic carbocycles. The van der Waals surface area contributed by atoms with Crippen LogP contribution in [0.4, 0.5) is 0 Å². The van der Waals surface area contributed by atoms with Gasteiger partial charge in [-0.2, -0.15) is 0 Å². The normalized spacial score (nSPS) is 13.3. The zero-order valence-corrected chi connectivity index (χ0v) is 10.2. The van der Waals surface area contributed by atoms with E-state index in [0.717, 1.165) is 35.9 Å². The van der Waals surface area contributed by atoms with Crippen LogP contribution in [0.3, 0.4) is 0 Å². The highest BCUT2D eigenvalue weighted by atomic mass is 35.5. The van der Waals surface area contributed by atoms with Gasteiger partial charge in [-0.15, -0.1) is 0 Å². The average Bonchev–Trinajstić information content (AvgIpc) is 2.73.